The third kappa shape index (κ3) is 5.90. The molecule has 0 bridgehead atoms. The molecule has 0 aromatic heterocycles. The number of aliphatic imine (C=N–C) groups is 1. The van der Waals surface area contributed by atoms with Crippen LogP contribution in [0.5, 0.6) is 5.75 Å². The van der Waals surface area contributed by atoms with Gasteiger partial charge in [-0.2, -0.15) is 4.99 Å². The first-order valence-corrected chi connectivity index (χ1v) is 7.64. The van der Waals surface area contributed by atoms with Crippen molar-refractivity contribution in [3.8, 4) is 5.75 Å². The summed E-state index contributed by atoms with van der Waals surface area (Å²) in [6.07, 6.45) is 4.61. The van der Waals surface area contributed by atoms with Crippen LogP contribution in [0.25, 0.3) is 0 Å². The summed E-state index contributed by atoms with van der Waals surface area (Å²) in [4.78, 5) is 3.91. The third-order valence-corrected chi connectivity index (χ3v) is 3.32. The lowest BCUT2D eigenvalue weighted by molar-refractivity contribution is 0.305. The highest BCUT2D eigenvalue weighted by Gasteiger charge is 1.96. The van der Waals surface area contributed by atoms with Gasteiger partial charge in [0, 0.05) is 0 Å². The highest BCUT2D eigenvalue weighted by Crippen LogP contribution is 2.18. The maximum Gasteiger partial charge on any atom is 0.119 e. The lowest BCUT2D eigenvalue weighted by atomic mass is 10.1. The van der Waals surface area contributed by atoms with Crippen molar-refractivity contribution in [1.29, 1.82) is 0 Å². The molecule has 2 aromatic rings. The van der Waals surface area contributed by atoms with E-state index in [9.17, 15) is 0 Å². The van der Waals surface area contributed by atoms with Gasteiger partial charge in [0.05, 0.1) is 17.5 Å². The molecular weight excluding hydrogens is 278 g/mol. The topological polar surface area (TPSA) is 21.6 Å². The molecule has 0 unspecified atom stereocenters. The van der Waals surface area contributed by atoms with Gasteiger partial charge >= 0.3 is 0 Å². The number of isothiocyanates is 1. The number of ether oxygens (including phenoxy) is 1. The van der Waals surface area contributed by atoms with E-state index in [0.29, 0.717) is 0 Å². The SMILES string of the molecule is S=C=Nc1ccc(OCCCCCc2ccccc2)cc1. The first kappa shape index (κ1) is 15.4. The first-order chi connectivity index (χ1) is 10.4. The molecule has 0 N–H and O–H groups in total. The smallest absolute Gasteiger partial charge is 0.119 e. The van der Waals surface area contributed by atoms with Gasteiger partial charge in [-0.25, -0.2) is 0 Å². The van der Waals surface area contributed by atoms with E-state index in [-0.39, 0.29) is 0 Å². The average molecular weight is 297 g/mol. The number of hydrogen-bond acceptors (Lipinski definition) is 3. The zero-order chi connectivity index (χ0) is 14.8. The highest BCUT2D eigenvalue weighted by molar-refractivity contribution is 7.78. The van der Waals surface area contributed by atoms with Gasteiger partial charge in [0.15, 0.2) is 0 Å². The average Bonchev–Trinajstić information content (AvgIpc) is 2.53. The van der Waals surface area contributed by atoms with Crippen molar-refractivity contribution in [2.45, 2.75) is 25.7 Å². The van der Waals surface area contributed by atoms with Crippen molar-refractivity contribution in [3.05, 3.63) is 60.2 Å². The number of benzene rings is 2. The van der Waals surface area contributed by atoms with E-state index >= 15 is 0 Å². The molecule has 0 aliphatic carbocycles. The minimum Gasteiger partial charge on any atom is -0.494 e. The molecule has 0 saturated heterocycles. The zero-order valence-corrected chi connectivity index (χ0v) is 12.8. The van der Waals surface area contributed by atoms with Crippen molar-refractivity contribution in [1.82, 2.24) is 0 Å². The Morgan fingerprint density at radius 3 is 2.38 bits per heavy atom. The van der Waals surface area contributed by atoms with Crippen LogP contribution in [0.2, 0.25) is 0 Å². The van der Waals surface area contributed by atoms with Gasteiger partial charge in [-0.05, 0) is 67.7 Å². The molecule has 0 fully saturated rings. The minimum absolute atomic E-state index is 0.755. The molecule has 0 aliphatic rings. The summed E-state index contributed by atoms with van der Waals surface area (Å²) in [5, 5.41) is 2.35. The summed E-state index contributed by atoms with van der Waals surface area (Å²) in [6.45, 7) is 0.755. The van der Waals surface area contributed by atoms with Gasteiger partial charge in [0.2, 0.25) is 0 Å². The van der Waals surface area contributed by atoms with Gasteiger partial charge in [-0.15, -0.1) is 0 Å². The second-order valence-electron chi connectivity index (χ2n) is 4.84. The quantitative estimate of drug-likeness (QED) is 0.379. The van der Waals surface area contributed by atoms with E-state index in [4.69, 9.17) is 4.74 Å². The van der Waals surface area contributed by atoms with Crippen molar-refractivity contribution in [3.63, 3.8) is 0 Å². The van der Waals surface area contributed by atoms with Gasteiger partial charge in [-0.3, -0.25) is 0 Å². The lowest BCUT2D eigenvalue weighted by Gasteiger charge is -2.06. The number of nitrogens with zero attached hydrogens (tertiary/aromatic N) is 1. The Labute approximate surface area is 131 Å². The third-order valence-electron chi connectivity index (χ3n) is 3.23. The van der Waals surface area contributed by atoms with Crippen LogP contribution in [0.4, 0.5) is 5.69 Å². The molecule has 0 spiro atoms. The Morgan fingerprint density at radius 1 is 0.905 bits per heavy atom. The molecule has 108 valence electrons. The van der Waals surface area contributed by atoms with E-state index in [2.05, 4.69) is 52.7 Å². The van der Waals surface area contributed by atoms with Crippen LogP contribution in [0.1, 0.15) is 24.8 Å². The standard InChI is InChI=1S/C18H19NOS/c21-15-19-17-10-12-18(13-11-17)20-14-6-2-5-9-16-7-3-1-4-8-16/h1,3-4,7-8,10-13H,2,5-6,9,14H2. The second-order valence-corrected chi connectivity index (χ2v) is 5.02. The molecule has 0 amide bonds. The fourth-order valence-electron chi connectivity index (χ4n) is 2.11. The minimum atomic E-state index is 0.755. The molecule has 2 rings (SSSR count). The monoisotopic (exact) mass is 297 g/mol. The Bertz CT molecular complexity index is 574. The van der Waals surface area contributed by atoms with Crippen molar-refractivity contribution < 1.29 is 4.74 Å². The normalized spacial score (nSPS) is 9.90. The summed E-state index contributed by atoms with van der Waals surface area (Å²) < 4.78 is 5.70. The van der Waals surface area contributed by atoms with Crippen molar-refractivity contribution >= 4 is 23.1 Å². The summed E-state index contributed by atoms with van der Waals surface area (Å²) in [6, 6.07) is 18.2. The van der Waals surface area contributed by atoms with E-state index in [0.717, 1.165) is 30.9 Å². The summed E-state index contributed by atoms with van der Waals surface area (Å²) in [5.74, 6) is 0.876. The lowest BCUT2D eigenvalue weighted by Crippen LogP contribution is -1.97. The maximum atomic E-state index is 5.70. The first-order valence-electron chi connectivity index (χ1n) is 7.23. The van der Waals surface area contributed by atoms with E-state index < -0.39 is 0 Å². The van der Waals surface area contributed by atoms with Crippen LogP contribution in [-0.4, -0.2) is 11.8 Å². The van der Waals surface area contributed by atoms with Gasteiger partial charge in [0.25, 0.3) is 0 Å². The van der Waals surface area contributed by atoms with Gasteiger partial charge in [-0.1, -0.05) is 30.3 Å². The number of thiocarbonyl (C=S) groups is 1. The number of unbranched alkanes of at least 4 members (excludes halogenated alkanes) is 2. The van der Waals surface area contributed by atoms with E-state index in [1.165, 1.54) is 18.4 Å². The van der Waals surface area contributed by atoms with Crippen LogP contribution in [0.15, 0.2) is 59.6 Å². The fraction of sp³-hybridized carbons (Fsp3) is 0.278. The molecule has 0 atom stereocenters. The molecule has 0 heterocycles. The fourth-order valence-corrected chi connectivity index (χ4v) is 2.22. The van der Waals surface area contributed by atoms with Crippen LogP contribution >= 0.6 is 12.2 Å². The Hall–Kier alpha value is -1.96. The molecular formula is C18H19NOS. The molecule has 2 aromatic carbocycles. The molecule has 3 heteroatoms. The molecule has 0 radical (unpaired) electrons. The van der Waals surface area contributed by atoms with Crippen molar-refractivity contribution in [2.24, 2.45) is 4.99 Å². The maximum absolute atomic E-state index is 5.70. The van der Waals surface area contributed by atoms with Gasteiger partial charge in [0.1, 0.15) is 5.75 Å². The van der Waals surface area contributed by atoms with E-state index in [1.54, 1.807) is 0 Å². The number of hydrogen-bond donors (Lipinski definition) is 0. The molecule has 0 aliphatic heterocycles. The Kier molecular flexibility index (Phi) is 6.66. The van der Waals surface area contributed by atoms with Crippen LogP contribution in [-0.2, 0) is 6.42 Å². The zero-order valence-electron chi connectivity index (χ0n) is 12.0. The molecule has 2 nitrogen and oxygen atoms in total. The van der Waals surface area contributed by atoms with E-state index in [1.807, 2.05) is 24.3 Å². The predicted octanol–water partition coefficient (Wildman–Crippen LogP) is 5.21. The Balaban J connectivity index is 1.60. The van der Waals surface area contributed by atoms with Crippen LogP contribution in [0.3, 0.4) is 0 Å². The Morgan fingerprint density at radius 2 is 1.67 bits per heavy atom. The van der Waals surface area contributed by atoms with Crippen LogP contribution in [0, 0.1) is 0 Å². The predicted molar refractivity (Wildman–Crippen MR) is 90.6 cm³/mol. The molecule has 21 heavy (non-hydrogen) atoms. The second kappa shape index (κ2) is 9.06. The van der Waals surface area contributed by atoms with Crippen molar-refractivity contribution in [2.75, 3.05) is 6.61 Å². The largest absolute Gasteiger partial charge is 0.494 e. The summed E-state index contributed by atoms with van der Waals surface area (Å²) in [7, 11) is 0. The summed E-state index contributed by atoms with van der Waals surface area (Å²) >= 11 is 4.56. The number of rotatable bonds is 8. The molecule has 0 saturated carbocycles. The summed E-state index contributed by atoms with van der Waals surface area (Å²) in [5.41, 5.74) is 2.22. The van der Waals surface area contributed by atoms with Gasteiger partial charge < -0.3 is 4.74 Å². The number of aryl methyl sites for hydroxylation is 1. The van der Waals surface area contributed by atoms with Crippen LogP contribution < -0.4 is 4.74 Å². The highest BCUT2D eigenvalue weighted by atomic mass is 32.1.